The van der Waals surface area contributed by atoms with Crippen LogP contribution in [0.15, 0.2) is 18.2 Å². The van der Waals surface area contributed by atoms with Gasteiger partial charge >= 0.3 is 5.97 Å². The number of carbonyl (C=O) groups is 1. The lowest BCUT2D eigenvalue weighted by Crippen LogP contribution is -2.24. The van der Waals surface area contributed by atoms with Crippen molar-refractivity contribution in [3.63, 3.8) is 0 Å². The van der Waals surface area contributed by atoms with E-state index in [-0.39, 0.29) is 23.5 Å². The summed E-state index contributed by atoms with van der Waals surface area (Å²) in [6, 6.07) is 4.43. The highest BCUT2D eigenvalue weighted by Gasteiger charge is 2.37. The van der Waals surface area contributed by atoms with Gasteiger partial charge in [0.25, 0.3) is 5.69 Å². The number of carbonyl (C=O) groups excluding carboxylic acids is 1. The minimum absolute atomic E-state index is 0.00730. The molecule has 0 N–H and O–H groups in total. The molecule has 1 saturated heterocycles. The summed E-state index contributed by atoms with van der Waals surface area (Å²) in [6.07, 6.45) is 0. The molecule has 0 spiro atoms. The van der Waals surface area contributed by atoms with Gasteiger partial charge in [-0.1, -0.05) is 18.5 Å². The van der Waals surface area contributed by atoms with Crippen LogP contribution in [0.5, 0.6) is 0 Å². The number of halogens is 1. The third-order valence-electron chi connectivity index (χ3n) is 3.59. The fraction of sp³-hybridized carbons (Fsp3) is 0.462. The number of nitrogens with zero attached hydrogens (tertiary/aromatic N) is 2. The molecule has 0 radical (unpaired) electrons. The molecule has 2 rings (SSSR count). The molecule has 0 saturated carbocycles. The van der Waals surface area contributed by atoms with Gasteiger partial charge in [-0.2, -0.15) is 0 Å². The summed E-state index contributed by atoms with van der Waals surface area (Å²) < 4.78 is 4.76. The summed E-state index contributed by atoms with van der Waals surface area (Å²) in [4.78, 5) is 24.1. The van der Waals surface area contributed by atoms with Crippen LogP contribution in [-0.4, -0.2) is 31.1 Å². The van der Waals surface area contributed by atoms with Crippen molar-refractivity contribution in [3.05, 3.63) is 33.3 Å². The maximum Gasteiger partial charge on any atom is 0.310 e. The molecular weight excluding hydrogens is 284 g/mol. The third-order valence-corrected chi connectivity index (χ3v) is 3.83. The SMILES string of the molecule is COC(=O)C1CN(c2cc(Cl)ccc2[N+](=O)[O-])CC1C. The van der Waals surface area contributed by atoms with Gasteiger partial charge in [-0.3, -0.25) is 14.9 Å². The number of hydrogen-bond donors (Lipinski definition) is 0. The van der Waals surface area contributed by atoms with E-state index in [0.29, 0.717) is 23.8 Å². The third kappa shape index (κ3) is 2.70. The van der Waals surface area contributed by atoms with Gasteiger partial charge in [-0.25, -0.2) is 0 Å². The molecular formula is C13H15ClN2O4. The van der Waals surface area contributed by atoms with Crippen LogP contribution in [0.4, 0.5) is 11.4 Å². The highest BCUT2D eigenvalue weighted by Crippen LogP contribution is 2.36. The van der Waals surface area contributed by atoms with Crippen molar-refractivity contribution in [1.82, 2.24) is 0 Å². The van der Waals surface area contributed by atoms with E-state index < -0.39 is 4.92 Å². The second-order valence-electron chi connectivity index (χ2n) is 4.90. The fourth-order valence-corrected chi connectivity index (χ4v) is 2.69. The molecule has 2 atom stereocenters. The first-order chi connectivity index (χ1) is 9.43. The van der Waals surface area contributed by atoms with Gasteiger partial charge in [0.1, 0.15) is 5.69 Å². The number of ether oxygens (including phenoxy) is 1. The number of esters is 1. The van der Waals surface area contributed by atoms with E-state index in [0.717, 1.165) is 0 Å². The molecule has 1 aliphatic heterocycles. The Kier molecular flexibility index (Phi) is 4.13. The molecule has 1 aromatic carbocycles. The molecule has 1 fully saturated rings. The number of benzene rings is 1. The maximum absolute atomic E-state index is 11.7. The molecule has 1 aliphatic rings. The van der Waals surface area contributed by atoms with Crippen LogP contribution in [-0.2, 0) is 9.53 Å². The van der Waals surface area contributed by atoms with E-state index in [2.05, 4.69) is 0 Å². The van der Waals surface area contributed by atoms with Gasteiger partial charge in [0.15, 0.2) is 0 Å². The van der Waals surface area contributed by atoms with Crippen LogP contribution >= 0.6 is 11.6 Å². The monoisotopic (exact) mass is 298 g/mol. The van der Waals surface area contributed by atoms with E-state index in [9.17, 15) is 14.9 Å². The molecule has 1 heterocycles. The van der Waals surface area contributed by atoms with Crippen LogP contribution in [0.3, 0.4) is 0 Å². The average molecular weight is 299 g/mol. The number of rotatable bonds is 3. The summed E-state index contributed by atoms with van der Waals surface area (Å²) in [5, 5.41) is 11.5. The molecule has 7 heteroatoms. The van der Waals surface area contributed by atoms with Crippen molar-refractivity contribution in [2.24, 2.45) is 11.8 Å². The van der Waals surface area contributed by atoms with E-state index in [1.165, 1.54) is 19.2 Å². The Hall–Kier alpha value is -1.82. The smallest absolute Gasteiger partial charge is 0.310 e. The summed E-state index contributed by atoms with van der Waals surface area (Å²) in [6.45, 7) is 2.88. The van der Waals surface area contributed by atoms with Crippen LogP contribution in [0.1, 0.15) is 6.92 Å². The van der Waals surface area contributed by atoms with Crippen LogP contribution < -0.4 is 4.90 Å². The van der Waals surface area contributed by atoms with Gasteiger partial charge in [0.05, 0.1) is 18.0 Å². The zero-order valence-corrected chi connectivity index (χ0v) is 12.0. The largest absolute Gasteiger partial charge is 0.469 e. The van der Waals surface area contributed by atoms with Gasteiger partial charge in [0.2, 0.25) is 0 Å². The van der Waals surface area contributed by atoms with Crippen LogP contribution in [0.25, 0.3) is 0 Å². The Labute approximate surface area is 121 Å². The average Bonchev–Trinajstić information content (AvgIpc) is 2.79. The molecule has 20 heavy (non-hydrogen) atoms. The predicted molar refractivity (Wildman–Crippen MR) is 75.0 cm³/mol. The van der Waals surface area contributed by atoms with Crippen molar-refractivity contribution < 1.29 is 14.5 Å². The highest BCUT2D eigenvalue weighted by molar-refractivity contribution is 6.31. The van der Waals surface area contributed by atoms with E-state index in [4.69, 9.17) is 16.3 Å². The molecule has 108 valence electrons. The quantitative estimate of drug-likeness (QED) is 0.487. The van der Waals surface area contributed by atoms with Crippen LogP contribution in [0, 0.1) is 22.0 Å². The highest BCUT2D eigenvalue weighted by atomic mass is 35.5. The zero-order chi connectivity index (χ0) is 14.9. The van der Waals surface area contributed by atoms with Gasteiger partial charge in [0, 0.05) is 24.2 Å². The predicted octanol–water partition coefficient (Wildman–Crippen LogP) is 2.49. The van der Waals surface area contributed by atoms with E-state index >= 15 is 0 Å². The first-order valence-electron chi connectivity index (χ1n) is 6.20. The summed E-state index contributed by atoms with van der Waals surface area (Å²) in [7, 11) is 1.35. The first-order valence-corrected chi connectivity index (χ1v) is 6.58. The Morgan fingerprint density at radius 3 is 2.80 bits per heavy atom. The van der Waals surface area contributed by atoms with Crippen molar-refractivity contribution in [2.45, 2.75) is 6.92 Å². The topological polar surface area (TPSA) is 72.7 Å². The van der Waals surface area contributed by atoms with Crippen molar-refractivity contribution in [3.8, 4) is 0 Å². The molecule has 0 bridgehead atoms. The lowest BCUT2D eigenvalue weighted by atomic mass is 9.99. The minimum Gasteiger partial charge on any atom is -0.469 e. The maximum atomic E-state index is 11.7. The molecule has 0 aliphatic carbocycles. The lowest BCUT2D eigenvalue weighted by Gasteiger charge is -2.18. The summed E-state index contributed by atoms with van der Waals surface area (Å²) >= 11 is 5.92. The first kappa shape index (κ1) is 14.6. The molecule has 2 unspecified atom stereocenters. The Morgan fingerprint density at radius 2 is 2.20 bits per heavy atom. The van der Waals surface area contributed by atoms with Gasteiger partial charge < -0.3 is 9.64 Å². The lowest BCUT2D eigenvalue weighted by molar-refractivity contribution is -0.384. The summed E-state index contributed by atoms with van der Waals surface area (Å²) in [5.41, 5.74) is 0.438. The number of methoxy groups -OCH3 is 1. The van der Waals surface area contributed by atoms with Crippen molar-refractivity contribution >= 4 is 28.9 Å². The van der Waals surface area contributed by atoms with Gasteiger partial charge in [-0.15, -0.1) is 0 Å². The van der Waals surface area contributed by atoms with Crippen molar-refractivity contribution in [2.75, 3.05) is 25.1 Å². The normalized spacial score (nSPS) is 21.9. The molecule has 6 nitrogen and oxygen atoms in total. The molecule has 0 aromatic heterocycles. The number of anilines is 1. The van der Waals surface area contributed by atoms with Crippen LogP contribution in [0.2, 0.25) is 5.02 Å². The Balaban J connectivity index is 2.31. The van der Waals surface area contributed by atoms with Crippen molar-refractivity contribution in [1.29, 1.82) is 0 Å². The fourth-order valence-electron chi connectivity index (χ4n) is 2.53. The van der Waals surface area contributed by atoms with E-state index in [1.807, 2.05) is 11.8 Å². The number of nitro groups is 1. The molecule has 0 amide bonds. The summed E-state index contributed by atoms with van der Waals surface area (Å²) in [5.74, 6) is -0.496. The molecule has 1 aromatic rings. The Morgan fingerprint density at radius 1 is 1.50 bits per heavy atom. The van der Waals surface area contributed by atoms with Gasteiger partial charge in [-0.05, 0) is 18.1 Å². The number of nitro benzene ring substituents is 1. The second-order valence-corrected chi connectivity index (χ2v) is 5.34. The Bertz CT molecular complexity index is 549. The van der Waals surface area contributed by atoms with E-state index in [1.54, 1.807) is 6.07 Å². The minimum atomic E-state index is -0.443. The standard InChI is InChI=1S/C13H15ClN2O4/c1-8-6-15(7-10(8)13(17)20-2)12-5-9(14)3-4-11(12)16(18)19/h3-5,8,10H,6-7H2,1-2H3. The zero-order valence-electron chi connectivity index (χ0n) is 11.2. The number of hydrogen-bond acceptors (Lipinski definition) is 5. The second kappa shape index (κ2) is 5.66.